The SMILES string of the molecule is CC(C)C(C)(C)CNC(=O)c1cc(Cl)ncc1[N+](=O)[O-]. The highest BCUT2D eigenvalue weighted by atomic mass is 35.5. The molecule has 1 rings (SSSR count). The van der Waals surface area contributed by atoms with Crippen LogP contribution in [-0.2, 0) is 0 Å². The minimum Gasteiger partial charge on any atom is -0.351 e. The third-order valence-electron chi connectivity index (χ3n) is 3.56. The van der Waals surface area contributed by atoms with Gasteiger partial charge >= 0.3 is 0 Å². The second-order valence-electron chi connectivity index (χ2n) is 5.61. The number of rotatable bonds is 5. The van der Waals surface area contributed by atoms with Gasteiger partial charge in [0.2, 0.25) is 0 Å². The summed E-state index contributed by atoms with van der Waals surface area (Å²) in [6.45, 7) is 8.56. The number of hydrogen-bond acceptors (Lipinski definition) is 4. The van der Waals surface area contributed by atoms with Crippen molar-refractivity contribution in [3.63, 3.8) is 0 Å². The molecule has 0 radical (unpaired) electrons. The van der Waals surface area contributed by atoms with E-state index in [0.29, 0.717) is 12.5 Å². The Morgan fingerprint density at radius 1 is 1.55 bits per heavy atom. The third kappa shape index (κ3) is 3.90. The van der Waals surface area contributed by atoms with Crippen LogP contribution in [0.1, 0.15) is 38.1 Å². The molecule has 0 aliphatic rings. The fraction of sp³-hybridized carbons (Fsp3) is 0.538. The summed E-state index contributed by atoms with van der Waals surface area (Å²) in [4.78, 5) is 26.0. The molecule has 0 unspecified atom stereocenters. The summed E-state index contributed by atoms with van der Waals surface area (Å²) >= 11 is 5.69. The molecule has 0 bridgehead atoms. The Balaban J connectivity index is 2.93. The van der Waals surface area contributed by atoms with Crippen LogP contribution in [0, 0.1) is 21.4 Å². The van der Waals surface area contributed by atoms with E-state index in [1.807, 2.05) is 13.8 Å². The quantitative estimate of drug-likeness (QED) is 0.514. The Labute approximate surface area is 122 Å². The summed E-state index contributed by atoms with van der Waals surface area (Å²) in [5.41, 5.74) is -0.537. The fourth-order valence-electron chi connectivity index (χ4n) is 1.36. The molecule has 0 fully saturated rings. The molecule has 20 heavy (non-hydrogen) atoms. The van der Waals surface area contributed by atoms with Gasteiger partial charge < -0.3 is 5.32 Å². The normalized spacial score (nSPS) is 11.5. The molecule has 0 saturated carbocycles. The van der Waals surface area contributed by atoms with Crippen molar-refractivity contribution in [2.24, 2.45) is 11.3 Å². The average molecular weight is 300 g/mol. The first-order valence-corrected chi connectivity index (χ1v) is 6.61. The van der Waals surface area contributed by atoms with E-state index in [0.717, 1.165) is 6.20 Å². The molecule has 110 valence electrons. The van der Waals surface area contributed by atoms with Crippen molar-refractivity contribution in [1.82, 2.24) is 10.3 Å². The lowest BCUT2D eigenvalue weighted by Gasteiger charge is -2.29. The van der Waals surface area contributed by atoms with E-state index in [4.69, 9.17) is 11.6 Å². The van der Waals surface area contributed by atoms with Gasteiger partial charge in [-0.2, -0.15) is 0 Å². The monoisotopic (exact) mass is 299 g/mol. The van der Waals surface area contributed by atoms with Crippen molar-refractivity contribution >= 4 is 23.2 Å². The summed E-state index contributed by atoms with van der Waals surface area (Å²) in [5.74, 6) is -0.159. The van der Waals surface area contributed by atoms with Crippen molar-refractivity contribution in [2.45, 2.75) is 27.7 Å². The van der Waals surface area contributed by atoms with Gasteiger partial charge in [-0.25, -0.2) is 4.98 Å². The van der Waals surface area contributed by atoms with Gasteiger partial charge in [-0.1, -0.05) is 39.3 Å². The van der Waals surface area contributed by atoms with E-state index in [9.17, 15) is 14.9 Å². The highest BCUT2D eigenvalue weighted by molar-refractivity contribution is 6.29. The maximum absolute atomic E-state index is 12.1. The van der Waals surface area contributed by atoms with Gasteiger partial charge in [-0.15, -0.1) is 0 Å². The molecular weight excluding hydrogens is 282 g/mol. The Kier molecular flexibility index (Phi) is 5.05. The second-order valence-corrected chi connectivity index (χ2v) is 5.99. The number of carbonyl (C=O) groups excluding carboxylic acids is 1. The van der Waals surface area contributed by atoms with E-state index < -0.39 is 10.8 Å². The van der Waals surface area contributed by atoms with Gasteiger partial charge in [0, 0.05) is 6.54 Å². The summed E-state index contributed by atoms with van der Waals surface area (Å²) in [6.07, 6.45) is 0.991. The summed E-state index contributed by atoms with van der Waals surface area (Å²) in [5, 5.41) is 13.6. The van der Waals surface area contributed by atoms with Gasteiger partial charge in [0.1, 0.15) is 16.9 Å². The Morgan fingerprint density at radius 2 is 2.15 bits per heavy atom. The van der Waals surface area contributed by atoms with Crippen molar-refractivity contribution in [3.05, 3.63) is 33.1 Å². The number of pyridine rings is 1. The van der Waals surface area contributed by atoms with Crippen LogP contribution in [-0.4, -0.2) is 22.4 Å². The Hall–Kier alpha value is -1.69. The van der Waals surface area contributed by atoms with Crippen LogP contribution in [0.2, 0.25) is 5.15 Å². The zero-order chi connectivity index (χ0) is 15.5. The van der Waals surface area contributed by atoms with Gasteiger partial charge in [0.15, 0.2) is 0 Å². The lowest BCUT2D eigenvalue weighted by molar-refractivity contribution is -0.385. The first-order chi connectivity index (χ1) is 9.15. The van der Waals surface area contributed by atoms with E-state index in [-0.39, 0.29) is 21.8 Å². The summed E-state index contributed by atoms with van der Waals surface area (Å²) in [6, 6.07) is 1.21. The van der Waals surface area contributed by atoms with Gasteiger partial charge in [0.05, 0.1) is 4.92 Å². The molecule has 6 nitrogen and oxygen atoms in total. The molecule has 0 aromatic carbocycles. The van der Waals surface area contributed by atoms with Crippen LogP contribution in [0.5, 0.6) is 0 Å². The zero-order valence-corrected chi connectivity index (χ0v) is 12.7. The van der Waals surface area contributed by atoms with Crippen molar-refractivity contribution in [1.29, 1.82) is 0 Å². The first kappa shape index (κ1) is 16.4. The van der Waals surface area contributed by atoms with Gasteiger partial charge in [-0.3, -0.25) is 14.9 Å². The van der Waals surface area contributed by atoms with E-state index in [1.54, 1.807) is 0 Å². The van der Waals surface area contributed by atoms with E-state index in [1.165, 1.54) is 6.07 Å². The smallest absolute Gasteiger partial charge is 0.300 e. The minimum absolute atomic E-state index is 0.0452. The van der Waals surface area contributed by atoms with E-state index in [2.05, 4.69) is 24.1 Å². The van der Waals surface area contributed by atoms with Crippen molar-refractivity contribution in [3.8, 4) is 0 Å². The number of carbonyl (C=O) groups is 1. The topological polar surface area (TPSA) is 85.1 Å². The number of aromatic nitrogens is 1. The number of nitrogens with one attached hydrogen (secondary N) is 1. The largest absolute Gasteiger partial charge is 0.351 e. The van der Waals surface area contributed by atoms with Crippen LogP contribution in [0.4, 0.5) is 5.69 Å². The first-order valence-electron chi connectivity index (χ1n) is 6.23. The van der Waals surface area contributed by atoms with Crippen molar-refractivity contribution in [2.75, 3.05) is 6.54 Å². The molecule has 1 heterocycles. The van der Waals surface area contributed by atoms with E-state index >= 15 is 0 Å². The molecule has 0 aliphatic heterocycles. The summed E-state index contributed by atoms with van der Waals surface area (Å²) in [7, 11) is 0. The van der Waals surface area contributed by atoms with Crippen LogP contribution >= 0.6 is 11.6 Å². The van der Waals surface area contributed by atoms with Crippen LogP contribution in [0.15, 0.2) is 12.3 Å². The highest BCUT2D eigenvalue weighted by Crippen LogP contribution is 2.25. The molecule has 1 aromatic heterocycles. The number of nitrogens with zero attached hydrogens (tertiary/aromatic N) is 2. The lowest BCUT2D eigenvalue weighted by Crippen LogP contribution is -2.37. The standard InChI is InChI=1S/C13H18ClN3O3/c1-8(2)13(3,4)7-16-12(18)9-5-11(14)15-6-10(9)17(19)20/h5-6,8H,7H2,1-4H3,(H,16,18). The second kappa shape index (κ2) is 6.17. The number of halogens is 1. The molecule has 0 saturated heterocycles. The predicted octanol–water partition coefficient (Wildman–Crippen LogP) is 3.06. The Bertz CT molecular complexity index is 530. The summed E-state index contributed by atoms with van der Waals surface area (Å²) < 4.78 is 0. The number of nitro groups is 1. The highest BCUT2D eigenvalue weighted by Gasteiger charge is 2.26. The zero-order valence-electron chi connectivity index (χ0n) is 11.9. The van der Waals surface area contributed by atoms with Gasteiger partial charge in [0.25, 0.3) is 11.6 Å². The average Bonchev–Trinajstić information content (AvgIpc) is 2.35. The number of amides is 1. The van der Waals surface area contributed by atoms with Crippen LogP contribution in [0.25, 0.3) is 0 Å². The van der Waals surface area contributed by atoms with Crippen molar-refractivity contribution < 1.29 is 9.72 Å². The number of hydrogen-bond donors (Lipinski definition) is 1. The lowest BCUT2D eigenvalue weighted by atomic mass is 9.81. The maximum atomic E-state index is 12.1. The molecule has 1 amide bonds. The molecular formula is C13H18ClN3O3. The fourth-order valence-corrected chi connectivity index (χ4v) is 1.52. The molecule has 0 aliphatic carbocycles. The Morgan fingerprint density at radius 3 is 2.65 bits per heavy atom. The molecule has 1 N–H and O–H groups in total. The van der Waals surface area contributed by atoms with Gasteiger partial charge in [-0.05, 0) is 17.4 Å². The predicted molar refractivity (Wildman–Crippen MR) is 76.9 cm³/mol. The molecule has 0 atom stereocenters. The molecule has 1 aromatic rings. The minimum atomic E-state index is -0.647. The maximum Gasteiger partial charge on any atom is 0.300 e. The van der Waals surface area contributed by atoms with Crippen LogP contribution in [0.3, 0.4) is 0 Å². The van der Waals surface area contributed by atoms with Crippen LogP contribution < -0.4 is 5.32 Å². The molecule has 7 heteroatoms. The third-order valence-corrected chi connectivity index (χ3v) is 3.77. The molecule has 0 spiro atoms.